The summed E-state index contributed by atoms with van der Waals surface area (Å²) in [5.74, 6) is 0.440. The highest BCUT2D eigenvalue weighted by atomic mass is 35.5. The normalized spacial score (nSPS) is 21.5. The maximum Gasteiger partial charge on any atom is 0.417 e. The first-order chi connectivity index (χ1) is 11.0. The van der Waals surface area contributed by atoms with Gasteiger partial charge in [-0.2, -0.15) is 13.2 Å². The number of hydrogen-bond donors (Lipinski definition) is 1. The van der Waals surface area contributed by atoms with Gasteiger partial charge in [0.2, 0.25) is 0 Å². The van der Waals surface area contributed by atoms with Crippen molar-refractivity contribution in [3.8, 4) is 0 Å². The number of piperazine rings is 1. The van der Waals surface area contributed by atoms with Crippen LogP contribution in [0.25, 0.3) is 0 Å². The molecule has 2 aliphatic rings. The summed E-state index contributed by atoms with van der Waals surface area (Å²) < 4.78 is 39.6. The van der Waals surface area contributed by atoms with Gasteiger partial charge in [0.05, 0.1) is 10.6 Å². The Kier molecular flexibility index (Phi) is 6.82. The molecule has 24 heavy (non-hydrogen) atoms. The fourth-order valence-electron chi connectivity index (χ4n) is 3.96. The average Bonchev–Trinajstić information content (AvgIpc) is 3.03. The second-order valence-corrected chi connectivity index (χ2v) is 6.92. The van der Waals surface area contributed by atoms with Crippen LogP contribution in [0.2, 0.25) is 5.02 Å². The van der Waals surface area contributed by atoms with Crippen molar-refractivity contribution in [3.05, 3.63) is 34.3 Å². The highest BCUT2D eigenvalue weighted by molar-refractivity contribution is 6.31. The number of halogens is 5. The Hall–Kier alpha value is -0.490. The zero-order valence-electron chi connectivity index (χ0n) is 13.4. The van der Waals surface area contributed by atoms with Crippen molar-refractivity contribution >= 4 is 24.0 Å². The Morgan fingerprint density at radius 3 is 2.33 bits per heavy atom. The third-order valence-electron chi connectivity index (χ3n) is 5.03. The van der Waals surface area contributed by atoms with Gasteiger partial charge in [0.15, 0.2) is 0 Å². The van der Waals surface area contributed by atoms with E-state index in [-0.39, 0.29) is 23.5 Å². The lowest BCUT2D eigenvalue weighted by atomic mass is 9.89. The highest BCUT2D eigenvalue weighted by Gasteiger charge is 2.36. The first-order valence-corrected chi connectivity index (χ1v) is 8.66. The summed E-state index contributed by atoms with van der Waals surface area (Å²) in [5.41, 5.74) is 0.0466. The van der Waals surface area contributed by atoms with Crippen molar-refractivity contribution in [2.75, 3.05) is 26.2 Å². The van der Waals surface area contributed by atoms with Crippen LogP contribution in [0.1, 0.15) is 42.9 Å². The first kappa shape index (κ1) is 19.8. The molecular weight excluding hydrogens is 360 g/mol. The topological polar surface area (TPSA) is 15.3 Å². The predicted molar refractivity (Wildman–Crippen MR) is 92.8 cm³/mol. The van der Waals surface area contributed by atoms with E-state index in [9.17, 15) is 13.2 Å². The second kappa shape index (κ2) is 8.26. The molecule has 0 amide bonds. The van der Waals surface area contributed by atoms with Crippen LogP contribution < -0.4 is 5.32 Å². The molecule has 3 rings (SSSR count). The molecule has 1 N–H and O–H groups in total. The quantitative estimate of drug-likeness (QED) is 0.797. The summed E-state index contributed by atoms with van der Waals surface area (Å²) in [4.78, 5) is 2.34. The van der Waals surface area contributed by atoms with Gasteiger partial charge in [-0.15, -0.1) is 12.4 Å². The second-order valence-electron chi connectivity index (χ2n) is 6.51. The monoisotopic (exact) mass is 382 g/mol. The van der Waals surface area contributed by atoms with Crippen LogP contribution >= 0.6 is 24.0 Å². The van der Waals surface area contributed by atoms with E-state index in [4.69, 9.17) is 11.6 Å². The molecule has 1 saturated heterocycles. The minimum atomic E-state index is -4.41. The maximum atomic E-state index is 13.2. The van der Waals surface area contributed by atoms with Crippen LogP contribution in [0.15, 0.2) is 18.2 Å². The van der Waals surface area contributed by atoms with Gasteiger partial charge in [-0.3, -0.25) is 4.90 Å². The van der Waals surface area contributed by atoms with Crippen molar-refractivity contribution in [2.24, 2.45) is 5.92 Å². The van der Waals surface area contributed by atoms with Crippen LogP contribution in [0.5, 0.6) is 0 Å². The summed E-state index contributed by atoms with van der Waals surface area (Å²) >= 11 is 5.79. The number of benzene rings is 1. The summed E-state index contributed by atoms with van der Waals surface area (Å²) in [5, 5.41) is 3.10. The Morgan fingerprint density at radius 2 is 1.75 bits per heavy atom. The lowest BCUT2D eigenvalue weighted by molar-refractivity contribution is -0.137. The third-order valence-corrected chi connectivity index (χ3v) is 5.36. The largest absolute Gasteiger partial charge is 0.417 e. The van der Waals surface area contributed by atoms with E-state index < -0.39 is 11.7 Å². The minimum absolute atomic E-state index is 0. The van der Waals surface area contributed by atoms with E-state index in [2.05, 4.69) is 10.2 Å². The number of nitrogens with zero attached hydrogens (tertiary/aromatic N) is 1. The maximum absolute atomic E-state index is 13.2. The Bertz CT molecular complexity index is 539. The molecule has 1 heterocycles. The van der Waals surface area contributed by atoms with E-state index in [0.29, 0.717) is 5.92 Å². The van der Waals surface area contributed by atoms with Gasteiger partial charge >= 0.3 is 6.18 Å². The first-order valence-electron chi connectivity index (χ1n) is 8.28. The molecule has 0 aromatic heterocycles. The molecule has 0 bridgehead atoms. The van der Waals surface area contributed by atoms with Crippen LogP contribution in [0.3, 0.4) is 0 Å². The van der Waals surface area contributed by atoms with Gasteiger partial charge in [0, 0.05) is 32.2 Å². The van der Waals surface area contributed by atoms with E-state index >= 15 is 0 Å². The highest BCUT2D eigenvalue weighted by Crippen LogP contribution is 2.42. The molecule has 0 spiro atoms. The van der Waals surface area contributed by atoms with Gasteiger partial charge in [-0.05, 0) is 36.5 Å². The van der Waals surface area contributed by atoms with Crippen molar-refractivity contribution < 1.29 is 13.2 Å². The van der Waals surface area contributed by atoms with Crippen molar-refractivity contribution in [1.82, 2.24) is 10.2 Å². The molecule has 1 aliphatic heterocycles. The van der Waals surface area contributed by atoms with Crippen LogP contribution in [0, 0.1) is 5.92 Å². The molecule has 136 valence electrons. The molecule has 2 fully saturated rings. The molecule has 0 unspecified atom stereocenters. The molecule has 1 aromatic rings. The lowest BCUT2D eigenvalue weighted by Crippen LogP contribution is -2.46. The fraction of sp³-hybridized carbons (Fsp3) is 0.647. The number of rotatable bonds is 3. The van der Waals surface area contributed by atoms with Crippen LogP contribution in [-0.4, -0.2) is 31.1 Å². The summed E-state index contributed by atoms with van der Waals surface area (Å²) in [6, 6.07) is 4.53. The average molecular weight is 383 g/mol. The van der Waals surface area contributed by atoms with Crippen LogP contribution in [-0.2, 0) is 6.18 Å². The van der Waals surface area contributed by atoms with Crippen molar-refractivity contribution in [2.45, 2.75) is 37.9 Å². The fourth-order valence-corrected chi connectivity index (χ4v) is 4.18. The zero-order chi connectivity index (χ0) is 16.4. The smallest absolute Gasteiger partial charge is 0.314 e. The molecule has 1 atom stereocenters. The molecule has 0 radical (unpaired) electrons. The van der Waals surface area contributed by atoms with Crippen molar-refractivity contribution in [1.29, 1.82) is 0 Å². The third kappa shape index (κ3) is 4.37. The predicted octanol–water partition coefficient (Wildman–Crippen LogP) is 4.92. The standard InChI is InChI=1S/C17H22ClF3N2.ClH/c18-15-6-5-13(11-14(15)17(19,20)21)16(12-3-1-2-4-12)23-9-7-22-8-10-23;/h5-6,11-12,16,22H,1-4,7-10H2;1H/t16-;/m1./s1. The summed E-state index contributed by atoms with van der Waals surface area (Å²) in [6.45, 7) is 3.54. The SMILES string of the molecule is Cl.FC(F)(F)c1cc([C@@H](C2CCCC2)N2CCNCC2)ccc1Cl. The molecule has 7 heteroatoms. The van der Waals surface area contributed by atoms with Crippen LogP contribution in [0.4, 0.5) is 13.2 Å². The Balaban J connectivity index is 0.00000208. The van der Waals surface area contributed by atoms with E-state index in [1.54, 1.807) is 6.07 Å². The van der Waals surface area contributed by atoms with Gasteiger partial charge < -0.3 is 5.32 Å². The van der Waals surface area contributed by atoms with Gasteiger partial charge in [-0.1, -0.05) is 30.5 Å². The molecule has 2 nitrogen and oxygen atoms in total. The summed E-state index contributed by atoms with van der Waals surface area (Å²) in [7, 11) is 0. The zero-order valence-corrected chi connectivity index (χ0v) is 15.0. The van der Waals surface area contributed by atoms with E-state index in [0.717, 1.165) is 44.6 Å². The lowest BCUT2D eigenvalue weighted by Gasteiger charge is -2.39. The Labute approximate surface area is 152 Å². The molecular formula is C17H23Cl2F3N2. The van der Waals surface area contributed by atoms with Gasteiger partial charge in [0.1, 0.15) is 0 Å². The molecule has 1 saturated carbocycles. The summed E-state index contributed by atoms with van der Waals surface area (Å²) in [6.07, 6.45) is 0.133. The molecule has 1 aliphatic carbocycles. The minimum Gasteiger partial charge on any atom is -0.314 e. The van der Waals surface area contributed by atoms with E-state index in [1.165, 1.54) is 25.0 Å². The number of nitrogens with one attached hydrogen (secondary N) is 1. The van der Waals surface area contributed by atoms with Crippen molar-refractivity contribution in [3.63, 3.8) is 0 Å². The van der Waals surface area contributed by atoms with Gasteiger partial charge in [0.25, 0.3) is 0 Å². The molecule has 1 aromatic carbocycles. The number of alkyl halides is 3. The van der Waals surface area contributed by atoms with E-state index in [1.807, 2.05) is 0 Å². The Morgan fingerprint density at radius 1 is 1.12 bits per heavy atom. The number of hydrogen-bond acceptors (Lipinski definition) is 2. The van der Waals surface area contributed by atoms with Gasteiger partial charge in [-0.25, -0.2) is 0 Å².